The number of rotatable bonds is 2. The summed E-state index contributed by atoms with van der Waals surface area (Å²) in [5, 5.41) is 2.77. The molecule has 0 aliphatic carbocycles. The maximum atomic E-state index is 5.73. The van der Waals surface area contributed by atoms with Gasteiger partial charge in [0, 0.05) is 9.85 Å². The highest BCUT2D eigenvalue weighted by atomic mass is 79.9. The first-order chi connectivity index (χ1) is 7.56. The summed E-state index contributed by atoms with van der Waals surface area (Å²) < 4.78 is 6.73. The van der Waals surface area contributed by atoms with Crippen molar-refractivity contribution in [3.63, 3.8) is 0 Å². The highest BCUT2D eigenvalue weighted by Gasteiger charge is 2.06. The maximum absolute atomic E-state index is 5.73. The standard InChI is InChI=1S/C11H9BrClNOS/c1-6-3-8(4-7(2)10(6)12)15-11-14-9(13)5-16-11/h3-5H,1-2H3. The van der Waals surface area contributed by atoms with Crippen LogP contribution in [-0.2, 0) is 0 Å². The van der Waals surface area contributed by atoms with E-state index < -0.39 is 0 Å². The predicted octanol–water partition coefficient (Wildman–Crippen LogP) is 4.97. The predicted molar refractivity (Wildman–Crippen MR) is 70.8 cm³/mol. The molecule has 2 nitrogen and oxygen atoms in total. The Morgan fingerprint density at radius 1 is 1.31 bits per heavy atom. The summed E-state index contributed by atoms with van der Waals surface area (Å²) in [4.78, 5) is 4.04. The molecule has 1 heterocycles. The lowest BCUT2D eigenvalue weighted by Crippen LogP contribution is -1.87. The zero-order valence-electron chi connectivity index (χ0n) is 8.75. The van der Waals surface area contributed by atoms with Crippen LogP contribution in [0.4, 0.5) is 0 Å². The fraction of sp³-hybridized carbons (Fsp3) is 0.182. The Balaban J connectivity index is 2.28. The summed E-state index contributed by atoms with van der Waals surface area (Å²) in [5.74, 6) is 0.782. The molecule has 84 valence electrons. The quantitative estimate of drug-likeness (QED) is 0.780. The normalized spacial score (nSPS) is 10.5. The van der Waals surface area contributed by atoms with E-state index in [1.807, 2.05) is 26.0 Å². The second kappa shape index (κ2) is 4.73. The van der Waals surface area contributed by atoms with Crippen LogP contribution < -0.4 is 4.74 Å². The van der Waals surface area contributed by atoms with Gasteiger partial charge in [-0.25, -0.2) is 0 Å². The van der Waals surface area contributed by atoms with Crippen molar-refractivity contribution in [2.24, 2.45) is 0 Å². The third kappa shape index (κ3) is 2.56. The smallest absolute Gasteiger partial charge is 0.280 e. The number of hydrogen-bond donors (Lipinski definition) is 0. The molecule has 0 N–H and O–H groups in total. The molecule has 0 aliphatic rings. The Kier molecular flexibility index (Phi) is 3.52. The molecule has 0 saturated heterocycles. The largest absolute Gasteiger partial charge is 0.431 e. The maximum Gasteiger partial charge on any atom is 0.280 e. The van der Waals surface area contributed by atoms with E-state index in [1.54, 1.807) is 5.38 Å². The van der Waals surface area contributed by atoms with E-state index >= 15 is 0 Å². The number of aryl methyl sites for hydroxylation is 2. The minimum atomic E-state index is 0.463. The summed E-state index contributed by atoms with van der Waals surface area (Å²) in [6.07, 6.45) is 0. The third-order valence-electron chi connectivity index (χ3n) is 2.07. The van der Waals surface area contributed by atoms with E-state index in [0.29, 0.717) is 10.3 Å². The number of hydrogen-bond acceptors (Lipinski definition) is 3. The molecule has 0 spiro atoms. The summed E-state index contributed by atoms with van der Waals surface area (Å²) in [5.41, 5.74) is 2.27. The molecule has 1 aromatic heterocycles. The lowest BCUT2D eigenvalue weighted by Gasteiger charge is -2.07. The molecule has 0 aliphatic heterocycles. The van der Waals surface area contributed by atoms with Gasteiger partial charge in [-0.05, 0) is 37.1 Å². The van der Waals surface area contributed by atoms with Gasteiger partial charge in [0.25, 0.3) is 5.19 Å². The van der Waals surface area contributed by atoms with Gasteiger partial charge in [0.05, 0.1) is 0 Å². The van der Waals surface area contributed by atoms with Crippen LogP contribution in [0.3, 0.4) is 0 Å². The van der Waals surface area contributed by atoms with Crippen molar-refractivity contribution < 1.29 is 4.74 Å². The minimum absolute atomic E-state index is 0.463. The second-order valence-corrected chi connectivity index (χ2v) is 5.41. The van der Waals surface area contributed by atoms with Crippen LogP contribution in [0.2, 0.25) is 5.15 Å². The summed E-state index contributed by atoms with van der Waals surface area (Å²) in [7, 11) is 0. The first-order valence-electron chi connectivity index (χ1n) is 4.62. The van der Waals surface area contributed by atoms with Crippen LogP contribution in [0.1, 0.15) is 11.1 Å². The molecule has 2 rings (SSSR count). The molecule has 0 fully saturated rings. The second-order valence-electron chi connectivity index (χ2n) is 3.41. The van der Waals surface area contributed by atoms with Crippen LogP contribution in [0.15, 0.2) is 22.0 Å². The van der Waals surface area contributed by atoms with E-state index in [9.17, 15) is 0 Å². The topological polar surface area (TPSA) is 22.1 Å². The monoisotopic (exact) mass is 317 g/mol. The van der Waals surface area contributed by atoms with Gasteiger partial charge in [-0.1, -0.05) is 38.9 Å². The van der Waals surface area contributed by atoms with E-state index in [0.717, 1.165) is 21.3 Å². The lowest BCUT2D eigenvalue weighted by atomic mass is 10.1. The number of aromatic nitrogens is 1. The molecule has 0 bridgehead atoms. The molecule has 16 heavy (non-hydrogen) atoms. The molecular formula is C11H9BrClNOS. The van der Waals surface area contributed by atoms with Crippen LogP contribution in [-0.4, -0.2) is 4.98 Å². The average molecular weight is 319 g/mol. The van der Waals surface area contributed by atoms with Gasteiger partial charge in [0.15, 0.2) is 0 Å². The van der Waals surface area contributed by atoms with Gasteiger partial charge < -0.3 is 4.74 Å². The fourth-order valence-corrected chi connectivity index (χ4v) is 2.39. The van der Waals surface area contributed by atoms with E-state index in [2.05, 4.69) is 20.9 Å². The third-order valence-corrected chi connectivity index (χ3v) is 4.36. The van der Waals surface area contributed by atoms with Crippen LogP contribution >= 0.6 is 38.9 Å². The zero-order chi connectivity index (χ0) is 11.7. The van der Waals surface area contributed by atoms with Crippen LogP contribution in [0.25, 0.3) is 0 Å². The van der Waals surface area contributed by atoms with Crippen LogP contribution in [0.5, 0.6) is 10.9 Å². The number of benzene rings is 1. The highest BCUT2D eigenvalue weighted by molar-refractivity contribution is 9.10. The van der Waals surface area contributed by atoms with Crippen molar-refractivity contribution in [1.82, 2.24) is 4.98 Å². The van der Waals surface area contributed by atoms with Gasteiger partial charge >= 0.3 is 0 Å². The van der Waals surface area contributed by atoms with E-state index in [1.165, 1.54) is 11.3 Å². The van der Waals surface area contributed by atoms with Crippen LogP contribution in [0, 0.1) is 13.8 Å². The van der Waals surface area contributed by atoms with Crippen molar-refractivity contribution in [2.45, 2.75) is 13.8 Å². The Labute approximate surface area is 111 Å². The van der Waals surface area contributed by atoms with Crippen molar-refractivity contribution in [1.29, 1.82) is 0 Å². The first kappa shape index (κ1) is 11.9. The summed E-state index contributed by atoms with van der Waals surface area (Å²) in [6.45, 7) is 4.05. The fourth-order valence-electron chi connectivity index (χ4n) is 1.35. The minimum Gasteiger partial charge on any atom is -0.431 e. The number of nitrogens with zero attached hydrogens (tertiary/aromatic N) is 1. The van der Waals surface area contributed by atoms with Gasteiger partial charge in [0.2, 0.25) is 0 Å². The molecule has 5 heteroatoms. The zero-order valence-corrected chi connectivity index (χ0v) is 11.9. The van der Waals surface area contributed by atoms with Gasteiger partial charge in [-0.15, -0.1) is 0 Å². The van der Waals surface area contributed by atoms with Crippen molar-refractivity contribution in [3.05, 3.63) is 38.3 Å². The Hall–Kier alpha value is -0.580. The molecular weight excluding hydrogens is 310 g/mol. The van der Waals surface area contributed by atoms with Crippen molar-refractivity contribution >= 4 is 38.9 Å². The first-order valence-corrected chi connectivity index (χ1v) is 6.67. The molecule has 1 aromatic carbocycles. The van der Waals surface area contributed by atoms with Gasteiger partial charge in [0.1, 0.15) is 10.9 Å². The molecule has 0 atom stereocenters. The van der Waals surface area contributed by atoms with E-state index in [4.69, 9.17) is 16.3 Å². The molecule has 0 amide bonds. The SMILES string of the molecule is Cc1cc(Oc2nc(Cl)cs2)cc(C)c1Br. The number of ether oxygens (including phenoxy) is 1. The Morgan fingerprint density at radius 3 is 2.44 bits per heavy atom. The summed E-state index contributed by atoms with van der Waals surface area (Å²) in [6, 6.07) is 3.93. The molecule has 0 radical (unpaired) electrons. The highest BCUT2D eigenvalue weighted by Crippen LogP contribution is 2.31. The van der Waals surface area contributed by atoms with Gasteiger partial charge in [-0.3, -0.25) is 0 Å². The molecule has 2 aromatic rings. The lowest BCUT2D eigenvalue weighted by molar-refractivity contribution is 0.478. The average Bonchev–Trinajstić information content (AvgIpc) is 2.60. The van der Waals surface area contributed by atoms with E-state index in [-0.39, 0.29) is 0 Å². The summed E-state index contributed by atoms with van der Waals surface area (Å²) >= 11 is 10.6. The van der Waals surface area contributed by atoms with Gasteiger partial charge in [-0.2, -0.15) is 4.98 Å². The molecule has 0 saturated carbocycles. The van der Waals surface area contributed by atoms with Crippen molar-refractivity contribution in [2.75, 3.05) is 0 Å². The number of halogens is 2. The molecule has 0 unspecified atom stereocenters. The van der Waals surface area contributed by atoms with Crippen molar-refractivity contribution in [3.8, 4) is 10.9 Å². The Bertz CT molecular complexity index is 503. The number of thiazole rings is 1. The Morgan fingerprint density at radius 2 is 1.94 bits per heavy atom.